The Morgan fingerprint density at radius 1 is 1.82 bits per heavy atom. The van der Waals surface area contributed by atoms with Crippen LogP contribution in [0.5, 0.6) is 0 Å². The van der Waals surface area contributed by atoms with Crippen LogP contribution in [-0.2, 0) is 27.3 Å². The van der Waals surface area contributed by atoms with Crippen LogP contribution in [0, 0.1) is 0 Å². The van der Waals surface area contributed by atoms with E-state index in [2.05, 4.69) is 24.4 Å². The minimum absolute atomic E-state index is 0.338. The molecule has 0 N–H and O–H groups in total. The molecule has 1 heterocycles. The van der Waals surface area contributed by atoms with E-state index < -0.39 is 0 Å². The van der Waals surface area contributed by atoms with Crippen LogP contribution in [0.1, 0.15) is 12.8 Å². The molecule has 0 saturated carbocycles. The molecule has 11 heavy (non-hydrogen) atoms. The van der Waals surface area contributed by atoms with Crippen LogP contribution in [0.15, 0.2) is 12.3 Å². The van der Waals surface area contributed by atoms with Crippen molar-refractivity contribution in [2.24, 2.45) is 0 Å². The van der Waals surface area contributed by atoms with Gasteiger partial charge in [-0.1, -0.05) is 0 Å². The summed E-state index contributed by atoms with van der Waals surface area (Å²) >= 11 is 2.73. The summed E-state index contributed by atoms with van der Waals surface area (Å²) in [6.07, 6.45) is 2.24. The van der Waals surface area contributed by atoms with Gasteiger partial charge in [-0.2, -0.15) is 0 Å². The second-order valence-corrected chi connectivity index (χ2v) is 3.15. The third-order valence-corrected chi connectivity index (χ3v) is 1.87. The van der Waals surface area contributed by atoms with Crippen LogP contribution >= 0.6 is 0 Å². The molecule has 0 bridgehead atoms. The predicted octanol–water partition coefficient (Wildman–Crippen LogP) is 1.04. The molecule has 1 aliphatic heterocycles. The summed E-state index contributed by atoms with van der Waals surface area (Å²) in [6.45, 7) is 5.30. The summed E-state index contributed by atoms with van der Waals surface area (Å²) in [7, 11) is 0. The van der Waals surface area contributed by atoms with Crippen molar-refractivity contribution in [3.63, 3.8) is 0 Å². The molecule has 0 aliphatic carbocycles. The van der Waals surface area contributed by atoms with Gasteiger partial charge >= 0.3 is 76.4 Å². The fraction of sp³-hybridized carbons (Fsp3) is 0.625. The number of hydrogen-bond donors (Lipinski definition) is 0. The van der Waals surface area contributed by atoms with Crippen LogP contribution in [0.4, 0.5) is 0 Å². The number of epoxide rings is 1. The molecule has 1 unspecified atom stereocenters. The zero-order valence-electron chi connectivity index (χ0n) is 6.34. The summed E-state index contributed by atoms with van der Waals surface area (Å²) in [4.78, 5) is 0. The van der Waals surface area contributed by atoms with Gasteiger partial charge in [-0.05, 0) is 0 Å². The van der Waals surface area contributed by atoms with Gasteiger partial charge in [0.1, 0.15) is 0 Å². The first-order valence-electron chi connectivity index (χ1n) is 3.64. The Morgan fingerprint density at radius 3 is 3.09 bits per heavy atom. The van der Waals surface area contributed by atoms with Gasteiger partial charge in [0.15, 0.2) is 0 Å². The van der Waals surface area contributed by atoms with Gasteiger partial charge in [0, 0.05) is 0 Å². The fourth-order valence-corrected chi connectivity index (χ4v) is 0.893. The van der Waals surface area contributed by atoms with Crippen molar-refractivity contribution in [3.05, 3.63) is 12.3 Å². The van der Waals surface area contributed by atoms with Gasteiger partial charge < -0.3 is 0 Å². The van der Waals surface area contributed by atoms with Crippen LogP contribution in [0.25, 0.3) is 0 Å². The van der Waals surface area contributed by atoms with Crippen molar-refractivity contribution in [1.29, 1.82) is 0 Å². The summed E-state index contributed by atoms with van der Waals surface area (Å²) in [6, 6.07) is 0. The third-order valence-electron chi connectivity index (χ3n) is 1.40. The Labute approximate surface area is 76.8 Å². The molecule has 0 aromatic carbocycles. The molecule has 1 fully saturated rings. The number of allylic oxidation sites excluding steroid dienone is 1. The van der Waals surface area contributed by atoms with E-state index in [1.807, 2.05) is 4.61 Å². The molecule has 65 valence electrons. The molecular weight excluding hydrogens is 231 g/mol. The Bertz CT molecular complexity index is 152. The first-order valence-corrected chi connectivity index (χ1v) is 4.59. The number of rotatable bonds is 6. The van der Waals surface area contributed by atoms with E-state index in [1.165, 1.54) is 0 Å². The second kappa shape index (κ2) is 4.79. The summed E-state index contributed by atoms with van der Waals surface area (Å²) < 4.78 is 12.3. The zero-order valence-corrected chi connectivity index (χ0v) is 7.98. The van der Waals surface area contributed by atoms with E-state index in [-0.39, 0.29) is 0 Å². The average molecular weight is 243 g/mol. The van der Waals surface area contributed by atoms with Gasteiger partial charge in [0.05, 0.1) is 0 Å². The molecule has 0 aromatic heterocycles. The van der Waals surface area contributed by atoms with E-state index >= 15 is 0 Å². The van der Waals surface area contributed by atoms with E-state index in [0.717, 1.165) is 25.2 Å². The van der Waals surface area contributed by atoms with Crippen LogP contribution < -0.4 is 0 Å². The fourth-order valence-electron chi connectivity index (χ4n) is 0.656. The molecule has 0 amide bonds. The Morgan fingerprint density at radius 2 is 2.55 bits per heavy atom. The van der Waals surface area contributed by atoms with E-state index in [4.69, 9.17) is 9.47 Å². The Kier molecular flexibility index (Phi) is 3.95. The van der Waals surface area contributed by atoms with Crippen molar-refractivity contribution in [1.82, 2.24) is 0 Å². The molecule has 1 aliphatic rings. The van der Waals surface area contributed by atoms with Gasteiger partial charge in [-0.25, -0.2) is 0 Å². The van der Waals surface area contributed by atoms with Crippen LogP contribution in [0.2, 0.25) is 0 Å². The van der Waals surface area contributed by atoms with Crippen molar-refractivity contribution in [2.45, 2.75) is 18.9 Å². The molecule has 0 aromatic rings. The first kappa shape index (κ1) is 9.08. The van der Waals surface area contributed by atoms with Gasteiger partial charge in [0.25, 0.3) is 0 Å². The van der Waals surface area contributed by atoms with Gasteiger partial charge in [-0.3, -0.25) is 0 Å². The third kappa shape index (κ3) is 4.44. The van der Waals surface area contributed by atoms with Crippen LogP contribution in [0.3, 0.4) is 0 Å². The molecule has 0 spiro atoms. The Hall–Kier alpha value is -0.00662. The van der Waals surface area contributed by atoms with E-state index in [0.29, 0.717) is 12.7 Å². The standard InChI is InChI=1S/C8H12O2.Rh/c1-3-4-7(2)9-5-8-6-10-8;/h1,8H,2-6H2;. The quantitative estimate of drug-likeness (QED) is 0.395. The van der Waals surface area contributed by atoms with E-state index in [1.54, 1.807) is 0 Å². The monoisotopic (exact) mass is 243 g/mol. The summed E-state index contributed by atoms with van der Waals surface area (Å²) in [5.41, 5.74) is 0. The van der Waals surface area contributed by atoms with Crippen molar-refractivity contribution < 1.29 is 27.3 Å². The molecule has 1 saturated heterocycles. The Balaban J connectivity index is 1.95. The number of ether oxygens (including phenoxy) is 2. The van der Waals surface area contributed by atoms with Crippen molar-refractivity contribution >= 4 is 4.61 Å². The SMILES string of the molecule is C=C(CC[CH]=[Rh])OCC1CO1. The molecule has 0 radical (unpaired) electrons. The van der Waals surface area contributed by atoms with E-state index in [9.17, 15) is 0 Å². The second-order valence-electron chi connectivity index (χ2n) is 2.48. The molecule has 2 nitrogen and oxygen atoms in total. The maximum absolute atomic E-state index is 5.32. The summed E-state index contributed by atoms with van der Waals surface area (Å²) in [5.74, 6) is 0.856. The van der Waals surface area contributed by atoms with Crippen molar-refractivity contribution in [3.8, 4) is 0 Å². The topological polar surface area (TPSA) is 21.8 Å². The summed E-state index contributed by atoms with van der Waals surface area (Å²) in [5, 5.41) is 0. The average Bonchev–Trinajstić information content (AvgIpc) is 2.80. The van der Waals surface area contributed by atoms with Gasteiger partial charge in [-0.15, -0.1) is 0 Å². The predicted molar refractivity (Wildman–Crippen MR) is 40.1 cm³/mol. The zero-order chi connectivity index (χ0) is 8.10. The van der Waals surface area contributed by atoms with Crippen LogP contribution in [-0.4, -0.2) is 23.9 Å². The molecule has 1 atom stereocenters. The maximum atomic E-state index is 5.32. The number of hydrogen-bond acceptors (Lipinski definition) is 2. The minimum atomic E-state index is 0.338. The van der Waals surface area contributed by atoms with Crippen molar-refractivity contribution in [2.75, 3.05) is 13.2 Å². The molecule has 1 rings (SSSR count). The van der Waals surface area contributed by atoms with Gasteiger partial charge in [0.2, 0.25) is 0 Å². The normalized spacial score (nSPS) is 21.0. The first-order chi connectivity index (χ1) is 5.33. The molecule has 3 heteroatoms. The molecular formula is C8H12O2Rh.